The topological polar surface area (TPSA) is 77.2 Å². The summed E-state index contributed by atoms with van der Waals surface area (Å²) in [6.45, 7) is 0.428. The van der Waals surface area contributed by atoms with Gasteiger partial charge in [-0.05, 0) is 35.7 Å². The predicted octanol–water partition coefficient (Wildman–Crippen LogP) is 2.78. The molecule has 0 saturated carbocycles. The van der Waals surface area contributed by atoms with Crippen molar-refractivity contribution in [1.82, 2.24) is 15.5 Å². The second-order valence-corrected chi connectivity index (χ2v) is 5.67. The minimum atomic E-state index is -0.148. The van der Waals surface area contributed by atoms with Crippen LogP contribution in [0.1, 0.15) is 16.2 Å². The van der Waals surface area contributed by atoms with E-state index in [1.807, 2.05) is 17.5 Å². The largest absolute Gasteiger partial charge is 0.497 e. The lowest BCUT2D eigenvalue weighted by Gasteiger charge is -2.04. The number of thiophene rings is 1. The van der Waals surface area contributed by atoms with Crippen molar-refractivity contribution in [3.63, 3.8) is 0 Å². The number of methoxy groups -OCH3 is 1. The lowest BCUT2D eigenvalue weighted by Crippen LogP contribution is -2.25. The van der Waals surface area contributed by atoms with E-state index in [4.69, 9.17) is 9.26 Å². The normalized spacial score (nSPS) is 10.5. The summed E-state index contributed by atoms with van der Waals surface area (Å²) in [6.07, 6.45) is 0.486. The molecule has 3 aromatic rings. The van der Waals surface area contributed by atoms with Gasteiger partial charge in [-0.25, -0.2) is 0 Å². The Bertz CT molecular complexity index is 766. The Labute approximate surface area is 137 Å². The first kappa shape index (κ1) is 15.2. The molecule has 1 amide bonds. The first-order chi connectivity index (χ1) is 11.3. The van der Waals surface area contributed by atoms with Gasteiger partial charge in [0.05, 0.1) is 12.0 Å². The highest BCUT2D eigenvalue weighted by atomic mass is 32.1. The van der Waals surface area contributed by atoms with Crippen molar-refractivity contribution in [3.05, 3.63) is 53.2 Å². The molecule has 0 atom stereocenters. The smallest absolute Gasteiger partial charge is 0.251 e. The quantitative estimate of drug-likeness (QED) is 0.752. The summed E-state index contributed by atoms with van der Waals surface area (Å²) in [5.41, 5.74) is 0.579. The van der Waals surface area contributed by atoms with Gasteiger partial charge in [0.1, 0.15) is 5.75 Å². The van der Waals surface area contributed by atoms with Crippen LogP contribution in [0.25, 0.3) is 10.7 Å². The minimum absolute atomic E-state index is 0.148. The van der Waals surface area contributed by atoms with Crippen LogP contribution in [0.15, 0.2) is 46.3 Å². The van der Waals surface area contributed by atoms with Crippen molar-refractivity contribution >= 4 is 17.2 Å². The first-order valence-electron chi connectivity index (χ1n) is 7.05. The van der Waals surface area contributed by atoms with Crippen molar-refractivity contribution in [2.24, 2.45) is 0 Å². The van der Waals surface area contributed by atoms with E-state index >= 15 is 0 Å². The van der Waals surface area contributed by atoms with Crippen LogP contribution < -0.4 is 10.1 Å². The van der Waals surface area contributed by atoms with Gasteiger partial charge in [0.2, 0.25) is 11.7 Å². The molecule has 2 heterocycles. The molecule has 3 rings (SSSR count). The number of nitrogens with zero attached hydrogens (tertiary/aromatic N) is 2. The number of nitrogens with one attached hydrogen (secondary N) is 1. The molecule has 0 radical (unpaired) electrons. The Morgan fingerprint density at radius 1 is 1.30 bits per heavy atom. The lowest BCUT2D eigenvalue weighted by atomic mass is 10.2. The van der Waals surface area contributed by atoms with E-state index in [0.29, 0.717) is 36.0 Å². The van der Waals surface area contributed by atoms with E-state index in [-0.39, 0.29) is 5.91 Å². The Kier molecular flexibility index (Phi) is 4.68. The lowest BCUT2D eigenvalue weighted by molar-refractivity contribution is 0.0953. The maximum Gasteiger partial charge on any atom is 0.251 e. The van der Waals surface area contributed by atoms with Gasteiger partial charge in [0.25, 0.3) is 5.91 Å². The van der Waals surface area contributed by atoms with Gasteiger partial charge in [-0.15, -0.1) is 11.3 Å². The van der Waals surface area contributed by atoms with Gasteiger partial charge in [-0.2, -0.15) is 4.98 Å². The molecule has 0 unspecified atom stereocenters. The average molecular weight is 329 g/mol. The molecular weight excluding hydrogens is 314 g/mol. The number of hydrogen-bond donors (Lipinski definition) is 1. The first-order valence-corrected chi connectivity index (χ1v) is 7.93. The fourth-order valence-electron chi connectivity index (χ4n) is 1.99. The number of carbonyl (C=O) groups excluding carboxylic acids is 1. The summed E-state index contributed by atoms with van der Waals surface area (Å²) >= 11 is 1.55. The second kappa shape index (κ2) is 7.06. The van der Waals surface area contributed by atoms with Gasteiger partial charge in [-0.3, -0.25) is 4.79 Å². The second-order valence-electron chi connectivity index (χ2n) is 4.72. The Balaban J connectivity index is 1.51. The number of hydrogen-bond acceptors (Lipinski definition) is 6. The van der Waals surface area contributed by atoms with Crippen LogP contribution in [-0.2, 0) is 6.42 Å². The van der Waals surface area contributed by atoms with Crippen LogP contribution in [0.4, 0.5) is 0 Å². The molecule has 118 valence electrons. The Hall–Kier alpha value is -2.67. The minimum Gasteiger partial charge on any atom is -0.497 e. The third-order valence-electron chi connectivity index (χ3n) is 3.19. The van der Waals surface area contributed by atoms with Gasteiger partial charge >= 0.3 is 0 Å². The molecule has 0 aliphatic heterocycles. The molecule has 0 bridgehead atoms. The van der Waals surface area contributed by atoms with Crippen LogP contribution in [0.5, 0.6) is 5.75 Å². The molecule has 23 heavy (non-hydrogen) atoms. The van der Waals surface area contributed by atoms with Gasteiger partial charge in [0, 0.05) is 18.5 Å². The number of carbonyl (C=O) groups is 1. The third kappa shape index (κ3) is 3.75. The SMILES string of the molecule is COc1ccc(C(=O)NCCc2nc(-c3cccs3)no2)cc1. The maximum atomic E-state index is 12.0. The molecular formula is C16H15N3O3S. The highest BCUT2D eigenvalue weighted by molar-refractivity contribution is 7.13. The zero-order valence-corrected chi connectivity index (χ0v) is 13.3. The standard InChI is InChI=1S/C16H15N3O3S/c1-21-12-6-4-11(5-7-12)16(20)17-9-8-14-18-15(19-22-14)13-3-2-10-23-13/h2-7,10H,8-9H2,1H3,(H,17,20). The summed E-state index contributed by atoms with van der Waals surface area (Å²) in [7, 11) is 1.59. The highest BCUT2D eigenvalue weighted by Crippen LogP contribution is 2.21. The third-order valence-corrected chi connectivity index (χ3v) is 4.05. The summed E-state index contributed by atoms with van der Waals surface area (Å²) in [5.74, 6) is 1.65. The maximum absolute atomic E-state index is 12.0. The van der Waals surface area contributed by atoms with Crippen LogP contribution in [-0.4, -0.2) is 29.7 Å². The Morgan fingerprint density at radius 2 is 2.13 bits per heavy atom. The fourth-order valence-corrected chi connectivity index (χ4v) is 2.64. The predicted molar refractivity (Wildman–Crippen MR) is 86.6 cm³/mol. The molecule has 6 nitrogen and oxygen atoms in total. The van der Waals surface area contributed by atoms with Crippen molar-refractivity contribution in [2.75, 3.05) is 13.7 Å². The van der Waals surface area contributed by atoms with E-state index in [9.17, 15) is 4.79 Å². The zero-order chi connectivity index (χ0) is 16.1. The van der Waals surface area contributed by atoms with Crippen molar-refractivity contribution in [2.45, 2.75) is 6.42 Å². The summed E-state index contributed by atoms with van der Waals surface area (Å²) in [5, 5.41) is 8.71. The molecule has 0 fully saturated rings. The van der Waals surface area contributed by atoms with E-state index < -0.39 is 0 Å². The molecule has 0 aliphatic carbocycles. The van der Waals surface area contributed by atoms with Gasteiger partial charge in [-0.1, -0.05) is 11.2 Å². The van der Waals surface area contributed by atoms with Crippen molar-refractivity contribution < 1.29 is 14.1 Å². The molecule has 7 heteroatoms. The fraction of sp³-hybridized carbons (Fsp3) is 0.188. The molecule has 0 spiro atoms. The summed E-state index contributed by atoms with van der Waals surface area (Å²) in [6, 6.07) is 10.8. The molecule has 1 aromatic carbocycles. The molecule has 0 saturated heterocycles. The summed E-state index contributed by atoms with van der Waals surface area (Å²) in [4.78, 5) is 17.3. The van der Waals surface area contributed by atoms with E-state index in [1.165, 1.54) is 0 Å². The number of ether oxygens (including phenoxy) is 1. The van der Waals surface area contributed by atoms with Gasteiger partial charge in [0.15, 0.2) is 0 Å². The number of benzene rings is 1. The zero-order valence-electron chi connectivity index (χ0n) is 12.5. The van der Waals surface area contributed by atoms with E-state index in [0.717, 1.165) is 4.88 Å². The molecule has 2 aromatic heterocycles. The number of rotatable bonds is 6. The summed E-state index contributed by atoms with van der Waals surface area (Å²) < 4.78 is 10.2. The monoisotopic (exact) mass is 329 g/mol. The van der Waals surface area contributed by atoms with E-state index in [1.54, 1.807) is 42.7 Å². The Morgan fingerprint density at radius 3 is 2.83 bits per heavy atom. The van der Waals surface area contributed by atoms with Crippen molar-refractivity contribution in [1.29, 1.82) is 0 Å². The number of aromatic nitrogens is 2. The number of amides is 1. The van der Waals surface area contributed by atoms with Gasteiger partial charge < -0.3 is 14.6 Å². The van der Waals surface area contributed by atoms with Crippen LogP contribution in [0, 0.1) is 0 Å². The highest BCUT2D eigenvalue weighted by Gasteiger charge is 2.10. The molecule has 1 N–H and O–H groups in total. The average Bonchev–Trinajstić information content (AvgIpc) is 3.26. The van der Waals surface area contributed by atoms with E-state index in [2.05, 4.69) is 15.5 Å². The molecule has 0 aliphatic rings. The van der Waals surface area contributed by atoms with Crippen LogP contribution >= 0.6 is 11.3 Å². The van der Waals surface area contributed by atoms with Crippen molar-refractivity contribution in [3.8, 4) is 16.5 Å². The van der Waals surface area contributed by atoms with Crippen LogP contribution in [0.3, 0.4) is 0 Å². The van der Waals surface area contributed by atoms with Crippen LogP contribution in [0.2, 0.25) is 0 Å².